The van der Waals surface area contributed by atoms with Crippen LogP contribution in [0.5, 0.6) is 0 Å². The van der Waals surface area contributed by atoms with Gasteiger partial charge in [-0.1, -0.05) is 0 Å². The monoisotopic (exact) mass is 508 g/mol. The van der Waals surface area contributed by atoms with Crippen molar-refractivity contribution in [1.82, 2.24) is 15.4 Å². The van der Waals surface area contributed by atoms with E-state index >= 15 is 0 Å². The van der Waals surface area contributed by atoms with Crippen molar-refractivity contribution in [3.05, 3.63) is 0 Å². The standard InChI is InChI=1S/C15H32N4O3S2.HI/c1-15(2,23-4)12-18-14(16-3)17-8-10-24(20,21)19-11-13-7-5-6-9-22-13;/h13,19H,5-12H2,1-4H3,(H2,16,17,18);1H. The summed E-state index contributed by atoms with van der Waals surface area (Å²) in [5.41, 5.74) is 0. The SMILES string of the molecule is CN=C(NCCS(=O)(=O)NCC1CCCCO1)NCC(C)(C)SC.I. The minimum absolute atomic E-state index is 0. The Bertz CT molecular complexity index is 495. The van der Waals surface area contributed by atoms with E-state index in [4.69, 9.17) is 4.74 Å². The van der Waals surface area contributed by atoms with E-state index in [-0.39, 0.29) is 40.6 Å². The molecule has 1 saturated heterocycles. The van der Waals surface area contributed by atoms with Crippen LogP contribution in [-0.4, -0.2) is 70.5 Å². The smallest absolute Gasteiger partial charge is 0.213 e. The second kappa shape index (κ2) is 12.6. The first kappa shape index (κ1) is 25.2. The first-order valence-corrected chi connectivity index (χ1v) is 11.2. The molecule has 1 fully saturated rings. The Hall–Kier alpha value is 0.220. The number of sulfonamides is 1. The molecule has 1 unspecified atom stereocenters. The summed E-state index contributed by atoms with van der Waals surface area (Å²) in [6.45, 7) is 6.41. The van der Waals surface area contributed by atoms with E-state index in [1.807, 2.05) is 0 Å². The Kier molecular flexibility index (Phi) is 12.7. The molecule has 0 spiro atoms. The molecule has 0 saturated carbocycles. The van der Waals surface area contributed by atoms with Gasteiger partial charge in [0, 0.05) is 38.0 Å². The van der Waals surface area contributed by atoms with Gasteiger partial charge in [0.25, 0.3) is 0 Å². The summed E-state index contributed by atoms with van der Waals surface area (Å²) in [4.78, 5) is 4.11. The minimum atomic E-state index is -3.31. The van der Waals surface area contributed by atoms with Crippen molar-refractivity contribution in [2.75, 3.05) is 45.3 Å². The molecule has 0 amide bonds. The van der Waals surface area contributed by atoms with Crippen LogP contribution < -0.4 is 15.4 Å². The van der Waals surface area contributed by atoms with Crippen LogP contribution in [0, 0.1) is 0 Å². The third kappa shape index (κ3) is 11.5. The molecule has 10 heteroatoms. The molecule has 7 nitrogen and oxygen atoms in total. The van der Waals surface area contributed by atoms with E-state index in [2.05, 4.69) is 40.5 Å². The predicted molar refractivity (Wildman–Crippen MR) is 118 cm³/mol. The van der Waals surface area contributed by atoms with Gasteiger partial charge in [0.2, 0.25) is 10.0 Å². The lowest BCUT2D eigenvalue weighted by molar-refractivity contribution is 0.0200. The molecule has 25 heavy (non-hydrogen) atoms. The van der Waals surface area contributed by atoms with Gasteiger partial charge in [0.1, 0.15) is 0 Å². The third-order valence-electron chi connectivity index (χ3n) is 3.93. The van der Waals surface area contributed by atoms with E-state index in [1.54, 1.807) is 18.8 Å². The zero-order valence-electron chi connectivity index (χ0n) is 15.6. The normalized spacial score (nSPS) is 19.2. The number of nitrogens with zero attached hydrogens (tertiary/aromatic N) is 1. The van der Waals surface area contributed by atoms with Gasteiger partial charge in [0.15, 0.2) is 5.96 Å². The molecule has 3 N–H and O–H groups in total. The molecular formula is C15H33IN4O3S2. The van der Waals surface area contributed by atoms with Crippen molar-refractivity contribution in [3.8, 4) is 0 Å². The number of ether oxygens (including phenoxy) is 1. The van der Waals surface area contributed by atoms with Crippen LogP contribution in [0.1, 0.15) is 33.1 Å². The van der Waals surface area contributed by atoms with Gasteiger partial charge in [-0.15, -0.1) is 24.0 Å². The number of aliphatic imine (C=N–C) groups is 1. The molecule has 0 bridgehead atoms. The van der Waals surface area contributed by atoms with Crippen LogP contribution in [0.3, 0.4) is 0 Å². The molecule has 1 atom stereocenters. The zero-order chi connectivity index (χ0) is 18.1. The number of thioether (sulfide) groups is 1. The highest BCUT2D eigenvalue weighted by molar-refractivity contribution is 14.0. The fourth-order valence-electron chi connectivity index (χ4n) is 2.15. The van der Waals surface area contributed by atoms with Crippen molar-refractivity contribution in [1.29, 1.82) is 0 Å². The highest BCUT2D eigenvalue weighted by atomic mass is 127. The number of nitrogens with one attached hydrogen (secondary N) is 3. The van der Waals surface area contributed by atoms with Crippen LogP contribution in [0.25, 0.3) is 0 Å². The van der Waals surface area contributed by atoms with E-state index < -0.39 is 10.0 Å². The number of halogens is 1. The highest BCUT2D eigenvalue weighted by Gasteiger charge is 2.18. The van der Waals surface area contributed by atoms with Gasteiger partial charge in [-0.25, -0.2) is 13.1 Å². The molecule has 1 aliphatic heterocycles. The van der Waals surface area contributed by atoms with Crippen LogP contribution >= 0.6 is 35.7 Å². The van der Waals surface area contributed by atoms with Gasteiger partial charge in [0.05, 0.1) is 11.9 Å². The molecule has 0 aliphatic carbocycles. The van der Waals surface area contributed by atoms with Crippen molar-refractivity contribution >= 4 is 51.7 Å². The molecule has 1 rings (SSSR count). The van der Waals surface area contributed by atoms with Crippen LogP contribution in [-0.2, 0) is 14.8 Å². The fraction of sp³-hybridized carbons (Fsp3) is 0.933. The Labute approximate surface area is 174 Å². The number of rotatable bonds is 9. The van der Waals surface area contributed by atoms with Crippen molar-refractivity contribution in [2.24, 2.45) is 4.99 Å². The fourth-order valence-corrected chi connectivity index (χ4v) is 3.33. The minimum Gasteiger partial charge on any atom is -0.377 e. The summed E-state index contributed by atoms with van der Waals surface area (Å²) in [5.74, 6) is 0.620. The molecule has 0 aromatic carbocycles. The summed E-state index contributed by atoms with van der Waals surface area (Å²) in [6, 6.07) is 0. The highest BCUT2D eigenvalue weighted by Crippen LogP contribution is 2.19. The molecule has 0 aromatic rings. The van der Waals surface area contributed by atoms with Crippen molar-refractivity contribution in [2.45, 2.75) is 44.0 Å². The first-order valence-electron chi connectivity index (χ1n) is 8.36. The summed E-state index contributed by atoms with van der Waals surface area (Å²) in [5, 5.41) is 6.25. The Balaban J connectivity index is 0.00000576. The summed E-state index contributed by atoms with van der Waals surface area (Å²) in [6.07, 6.45) is 5.15. The Morgan fingerprint density at radius 1 is 1.32 bits per heavy atom. The molecule has 150 valence electrons. The number of hydrogen-bond acceptors (Lipinski definition) is 5. The van der Waals surface area contributed by atoms with Gasteiger partial charge in [-0.05, 0) is 39.4 Å². The van der Waals surface area contributed by atoms with Gasteiger partial charge < -0.3 is 15.4 Å². The van der Waals surface area contributed by atoms with Gasteiger partial charge >= 0.3 is 0 Å². The predicted octanol–water partition coefficient (Wildman–Crippen LogP) is 1.40. The zero-order valence-corrected chi connectivity index (χ0v) is 19.6. The van der Waals surface area contributed by atoms with Crippen LogP contribution in [0.15, 0.2) is 4.99 Å². The maximum absolute atomic E-state index is 12.0. The Morgan fingerprint density at radius 3 is 2.60 bits per heavy atom. The van der Waals surface area contributed by atoms with E-state index in [0.717, 1.165) is 32.4 Å². The van der Waals surface area contributed by atoms with Gasteiger partial charge in [-0.2, -0.15) is 11.8 Å². The topological polar surface area (TPSA) is 91.8 Å². The van der Waals surface area contributed by atoms with Crippen LogP contribution in [0.2, 0.25) is 0 Å². The van der Waals surface area contributed by atoms with Crippen LogP contribution in [0.4, 0.5) is 0 Å². The second-order valence-corrected chi connectivity index (χ2v) is 9.91. The molecular weight excluding hydrogens is 475 g/mol. The first-order chi connectivity index (χ1) is 11.3. The van der Waals surface area contributed by atoms with E-state index in [9.17, 15) is 8.42 Å². The summed E-state index contributed by atoms with van der Waals surface area (Å²) < 4.78 is 32.3. The van der Waals surface area contributed by atoms with E-state index in [0.29, 0.717) is 19.0 Å². The molecule has 1 aliphatic rings. The van der Waals surface area contributed by atoms with Crippen molar-refractivity contribution in [3.63, 3.8) is 0 Å². The lowest BCUT2D eigenvalue weighted by Gasteiger charge is -2.24. The maximum Gasteiger partial charge on any atom is 0.213 e. The summed E-state index contributed by atoms with van der Waals surface area (Å²) >= 11 is 1.76. The maximum atomic E-state index is 12.0. The van der Waals surface area contributed by atoms with E-state index in [1.165, 1.54) is 0 Å². The number of hydrogen-bond donors (Lipinski definition) is 3. The lowest BCUT2D eigenvalue weighted by atomic mass is 10.1. The second-order valence-electron chi connectivity index (χ2n) is 6.47. The average molecular weight is 508 g/mol. The quantitative estimate of drug-likeness (QED) is 0.248. The van der Waals surface area contributed by atoms with Gasteiger partial charge in [-0.3, -0.25) is 4.99 Å². The summed E-state index contributed by atoms with van der Waals surface area (Å²) in [7, 11) is -1.64. The largest absolute Gasteiger partial charge is 0.377 e. The molecule has 1 heterocycles. The third-order valence-corrected chi connectivity index (χ3v) is 6.52. The number of guanidine groups is 1. The average Bonchev–Trinajstić information content (AvgIpc) is 2.57. The molecule has 0 aromatic heterocycles. The lowest BCUT2D eigenvalue weighted by Crippen LogP contribution is -2.45. The molecule has 0 radical (unpaired) electrons. The van der Waals surface area contributed by atoms with Crippen molar-refractivity contribution < 1.29 is 13.2 Å². The Morgan fingerprint density at radius 2 is 2.04 bits per heavy atom.